The summed E-state index contributed by atoms with van der Waals surface area (Å²) >= 11 is 0. The summed E-state index contributed by atoms with van der Waals surface area (Å²) < 4.78 is 0. The SMILES string of the molecule is CC(C)NC(=O)CNCCCCO. The lowest BCUT2D eigenvalue weighted by Crippen LogP contribution is -2.37. The molecule has 0 aromatic rings. The molecule has 0 atom stereocenters. The van der Waals surface area contributed by atoms with E-state index in [1.165, 1.54) is 0 Å². The molecule has 0 aromatic heterocycles. The molecule has 78 valence electrons. The molecule has 0 aliphatic heterocycles. The quantitative estimate of drug-likeness (QED) is 0.488. The molecule has 0 unspecified atom stereocenters. The number of rotatable bonds is 7. The maximum atomic E-state index is 11.1. The highest BCUT2D eigenvalue weighted by atomic mass is 16.2. The predicted octanol–water partition coefficient (Wildman–Crippen LogP) is -0.127. The van der Waals surface area contributed by atoms with Gasteiger partial charge in [0, 0.05) is 12.6 Å². The molecular weight excluding hydrogens is 168 g/mol. The lowest BCUT2D eigenvalue weighted by molar-refractivity contribution is -0.120. The smallest absolute Gasteiger partial charge is 0.234 e. The van der Waals surface area contributed by atoms with Crippen LogP contribution in [0.5, 0.6) is 0 Å². The first-order valence-electron chi connectivity index (χ1n) is 4.77. The van der Waals surface area contributed by atoms with E-state index in [1.54, 1.807) is 0 Å². The summed E-state index contributed by atoms with van der Waals surface area (Å²) in [4.78, 5) is 11.1. The first-order chi connectivity index (χ1) is 6.16. The summed E-state index contributed by atoms with van der Waals surface area (Å²) in [5.41, 5.74) is 0. The van der Waals surface area contributed by atoms with E-state index in [0.717, 1.165) is 19.4 Å². The van der Waals surface area contributed by atoms with E-state index in [1.807, 2.05) is 13.8 Å². The summed E-state index contributed by atoms with van der Waals surface area (Å²) in [6, 6.07) is 0.201. The number of hydrogen-bond acceptors (Lipinski definition) is 3. The van der Waals surface area contributed by atoms with Gasteiger partial charge in [0.25, 0.3) is 0 Å². The summed E-state index contributed by atoms with van der Waals surface area (Å²) in [7, 11) is 0. The highest BCUT2D eigenvalue weighted by Crippen LogP contribution is 1.83. The van der Waals surface area contributed by atoms with Gasteiger partial charge in [-0.2, -0.15) is 0 Å². The molecular formula is C9H20N2O2. The lowest BCUT2D eigenvalue weighted by Gasteiger charge is -2.08. The first kappa shape index (κ1) is 12.4. The van der Waals surface area contributed by atoms with Gasteiger partial charge in [0.2, 0.25) is 5.91 Å². The van der Waals surface area contributed by atoms with Crippen molar-refractivity contribution in [3.05, 3.63) is 0 Å². The molecule has 0 fully saturated rings. The maximum absolute atomic E-state index is 11.1. The van der Waals surface area contributed by atoms with Crippen molar-refractivity contribution in [3.8, 4) is 0 Å². The molecule has 4 heteroatoms. The van der Waals surface area contributed by atoms with Crippen LogP contribution in [0.1, 0.15) is 26.7 Å². The van der Waals surface area contributed by atoms with E-state index in [4.69, 9.17) is 5.11 Å². The second kappa shape index (κ2) is 8.01. The van der Waals surface area contributed by atoms with Crippen molar-refractivity contribution < 1.29 is 9.90 Å². The Kier molecular flexibility index (Phi) is 7.63. The molecule has 0 radical (unpaired) electrons. The van der Waals surface area contributed by atoms with E-state index in [-0.39, 0.29) is 18.6 Å². The lowest BCUT2D eigenvalue weighted by atomic mass is 10.3. The van der Waals surface area contributed by atoms with Gasteiger partial charge in [-0.25, -0.2) is 0 Å². The first-order valence-corrected chi connectivity index (χ1v) is 4.77. The monoisotopic (exact) mass is 188 g/mol. The topological polar surface area (TPSA) is 61.4 Å². The van der Waals surface area contributed by atoms with Gasteiger partial charge in [-0.1, -0.05) is 0 Å². The Labute approximate surface area is 79.7 Å². The van der Waals surface area contributed by atoms with Gasteiger partial charge < -0.3 is 15.7 Å². The van der Waals surface area contributed by atoms with E-state index in [2.05, 4.69) is 10.6 Å². The third kappa shape index (κ3) is 9.30. The van der Waals surface area contributed by atoms with Gasteiger partial charge in [-0.05, 0) is 33.2 Å². The summed E-state index contributed by atoms with van der Waals surface area (Å²) in [5, 5.41) is 14.3. The van der Waals surface area contributed by atoms with Crippen LogP contribution in [-0.2, 0) is 4.79 Å². The van der Waals surface area contributed by atoms with Crippen LogP contribution in [0.2, 0.25) is 0 Å². The van der Waals surface area contributed by atoms with Crippen molar-refractivity contribution in [2.24, 2.45) is 0 Å². The third-order valence-corrected chi connectivity index (χ3v) is 1.50. The normalized spacial score (nSPS) is 10.5. The molecule has 0 saturated heterocycles. The van der Waals surface area contributed by atoms with Gasteiger partial charge in [-0.15, -0.1) is 0 Å². The maximum Gasteiger partial charge on any atom is 0.234 e. The van der Waals surface area contributed by atoms with Crippen LogP contribution < -0.4 is 10.6 Å². The fraction of sp³-hybridized carbons (Fsp3) is 0.889. The Bertz CT molecular complexity index is 138. The fourth-order valence-electron chi connectivity index (χ4n) is 0.937. The van der Waals surface area contributed by atoms with Gasteiger partial charge in [-0.3, -0.25) is 4.79 Å². The second-order valence-electron chi connectivity index (χ2n) is 3.33. The van der Waals surface area contributed by atoms with Crippen LogP contribution in [0, 0.1) is 0 Å². The van der Waals surface area contributed by atoms with Crippen molar-refractivity contribution in [2.45, 2.75) is 32.7 Å². The number of carbonyl (C=O) groups excluding carboxylic acids is 1. The molecule has 0 rings (SSSR count). The number of aliphatic hydroxyl groups excluding tert-OH is 1. The Balaban J connectivity index is 3.17. The molecule has 0 saturated carbocycles. The van der Waals surface area contributed by atoms with E-state index >= 15 is 0 Å². The Morgan fingerprint density at radius 1 is 1.38 bits per heavy atom. The Morgan fingerprint density at radius 3 is 2.62 bits per heavy atom. The number of carbonyl (C=O) groups is 1. The molecule has 1 amide bonds. The van der Waals surface area contributed by atoms with Gasteiger partial charge >= 0.3 is 0 Å². The molecule has 0 aliphatic carbocycles. The molecule has 3 N–H and O–H groups in total. The zero-order valence-electron chi connectivity index (χ0n) is 8.47. The summed E-state index contributed by atoms with van der Waals surface area (Å²) in [6.07, 6.45) is 1.70. The minimum absolute atomic E-state index is 0.0269. The van der Waals surface area contributed by atoms with E-state index in [9.17, 15) is 4.79 Å². The molecule has 0 bridgehead atoms. The molecule has 13 heavy (non-hydrogen) atoms. The van der Waals surface area contributed by atoms with Gasteiger partial charge in [0.15, 0.2) is 0 Å². The second-order valence-corrected chi connectivity index (χ2v) is 3.33. The molecule has 0 aromatic carbocycles. The standard InChI is InChI=1S/C9H20N2O2/c1-8(2)11-9(13)7-10-5-3-4-6-12/h8,10,12H,3-7H2,1-2H3,(H,11,13). The van der Waals surface area contributed by atoms with Crippen molar-refractivity contribution in [1.29, 1.82) is 0 Å². The average Bonchev–Trinajstić information content (AvgIpc) is 2.02. The zero-order chi connectivity index (χ0) is 10.1. The number of amides is 1. The number of nitrogens with one attached hydrogen (secondary N) is 2. The van der Waals surface area contributed by atoms with Gasteiger partial charge in [0.05, 0.1) is 6.54 Å². The van der Waals surface area contributed by atoms with Crippen molar-refractivity contribution >= 4 is 5.91 Å². The van der Waals surface area contributed by atoms with Crippen molar-refractivity contribution in [2.75, 3.05) is 19.7 Å². The minimum atomic E-state index is 0.0269. The average molecular weight is 188 g/mol. The van der Waals surface area contributed by atoms with Crippen LogP contribution in [0.3, 0.4) is 0 Å². The predicted molar refractivity (Wildman–Crippen MR) is 52.5 cm³/mol. The molecule has 0 aliphatic rings. The van der Waals surface area contributed by atoms with Crippen molar-refractivity contribution in [1.82, 2.24) is 10.6 Å². The van der Waals surface area contributed by atoms with Gasteiger partial charge in [0.1, 0.15) is 0 Å². The highest BCUT2D eigenvalue weighted by Gasteiger charge is 2.00. The number of aliphatic hydroxyl groups is 1. The fourth-order valence-corrected chi connectivity index (χ4v) is 0.937. The van der Waals surface area contributed by atoms with E-state index < -0.39 is 0 Å². The van der Waals surface area contributed by atoms with Crippen LogP contribution in [0.25, 0.3) is 0 Å². The van der Waals surface area contributed by atoms with Crippen LogP contribution in [0.4, 0.5) is 0 Å². The van der Waals surface area contributed by atoms with Crippen LogP contribution in [-0.4, -0.2) is 36.8 Å². The van der Waals surface area contributed by atoms with E-state index in [0.29, 0.717) is 6.54 Å². The summed E-state index contributed by atoms with van der Waals surface area (Å²) in [5.74, 6) is 0.0269. The van der Waals surface area contributed by atoms with Crippen molar-refractivity contribution in [3.63, 3.8) is 0 Å². The van der Waals surface area contributed by atoms with Crippen LogP contribution >= 0.6 is 0 Å². The molecule has 4 nitrogen and oxygen atoms in total. The summed E-state index contributed by atoms with van der Waals surface area (Å²) in [6.45, 7) is 5.24. The Hall–Kier alpha value is -0.610. The highest BCUT2D eigenvalue weighted by molar-refractivity contribution is 5.78. The number of hydrogen-bond donors (Lipinski definition) is 3. The Morgan fingerprint density at radius 2 is 2.08 bits per heavy atom. The third-order valence-electron chi connectivity index (χ3n) is 1.50. The largest absolute Gasteiger partial charge is 0.396 e. The molecule has 0 heterocycles. The minimum Gasteiger partial charge on any atom is -0.396 e. The molecule has 0 spiro atoms. The zero-order valence-corrected chi connectivity index (χ0v) is 8.47. The number of unbranched alkanes of at least 4 members (excludes halogenated alkanes) is 1. The van der Waals surface area contributed by atoms with Crippen LogP contribution in [0.15, 0.2) is 0 Å².